The van der Waals surface area contributed by atoms with E-state index in [-0.39, 0.29) is 5.92 Å². The number of hydrogen-bond donors (Lipinski definition) is 1. The molecule has 1 aliphatic heterocycles. The number of sulfonamides is 1. The van der Waals surface area contributed by atoms with E-state index in [1.165, 1.54) is 4.31 Å². The molecule has 5 nitrogen and oxygen atoms in total. The highest BCUT2D eigenvalue weighted by atomic mass is 35.5. The van der Waals surface area contributed by atoms with Gasteiger partial charge in [0.15, 0.2) is 0 Å². The Morgan fingerprint density at radius 3 is 2.23 bits per heavy atom. The molecule has 1 saturated heterocycles. The summed E-state index contributed by atoms with van der Waals surface area (Å²) >= 11 is 6.28. The lowest BCUT2D eigenvalue weighted by Gasteiger charge is -2.39. The summed E-state index contributed by atoms with van der Waals surface area (Å²) in [6.45, 7) is 2.78. The third kappa shape index (κ3) is 6.32. The van der Waals surface area contributed by atoms with E-state index < -0.39 is 15.6 Å². The van der Waals surface area contributed by atoms with Crippen LogP contribution in [0.3, 0.4) is 0 Å². The van der Waals surface area contributed by atoms with Crippen LogP contribution in [0.2, 0.25) is 5.02 Å². The quantitative estimate of drug-likeness (QED) is 0.432. The normalized spacial score (nSPS) is 17.4. The van der Waals surface area contributed by atoms with Gasteiger partial charge in [-0.2, -0.15) is 0 Å². The standard InChI is InChI=1S/C28H33ClN2O3S/c1-30(35(33,34)27-13-6-3-7-14-27)22-24(23-9-8-12-26(29)21-23)15-18-31-19-16-28(32,17-20-31)25-10-4-2-5-11-25/h2-14,21,24,32H,15-20,22H2,1H3. The van der Waals surface area contributed by atoms with E-state index in [1.807, 2.05) is 60.7 Å². The Labute approximate surface area is 214 Å². The maximum Gasteiger partial charge on any atom is 0.242 e. The minimum absolute atomic E-state index is 0.00730. The highest BCUT2D eigenvalue weighted by molar-refractivity contribution is 7.89. The van der Waals surface area contributed by atoms with E-state index in [1.54, 1.807) is 31.3 Å². The predicted molar refractivity (Wildman–Crippen MR) is 141 cm³/mol. The number of likely N-dealkylation sites (N-methyl/N-ethyl adjacent to an activating group) is 1. The molecule has 186 valence electrons. The Bertz CT molecular complexity index is 1200. The van der Waals surface area contributed by atoms with Gasteiger partial charge in [-0.3, -0.25) is 0 Å². The van der Waals surface area contributed by atoms with Crippen molar-refractivity contribution in [3.05, 3.63) is 101 Å². The van der Waals surface area contributed by atoms with Gasteiger partial charge in [0.2, 0.25) is 10.0 Å². The third-order valence-electron chi connectivity index (χ3n) is 7.04. The van der Waals surface area contributed by atoms with Crippen molar-refractivity contribution >= 4 is 21.6 Å². The van der Waals surface area contributed by atoms with Crippen molar-refractivity contribution in [2.45, 2.75) is 35.7 Å². The first-order valence-electron chi connectivity index (χ1n) is 12.0. The monoisotopic (exact) mass is 512 g/mol. The summed E-state index contributed by atoms with van der Waals surface area (Å²) in [4.78, 5) is 2.66. The van der Waals surface area contributed by atoms with Crippen LogP contribution in [0.25, 0.3) is 0 Å². The van der Waals surface area contributed by atoms with Crippen LogP contribution in [-0.4, -0.2) is 56.0 Å². The van der Waals surface area contributed by atoms with Gasteiger partial charge in [0.05, 0.1) is 10.5 Å². The fraction of sp³-hybridized carbons (Fsp3) is 0.357. The molecule has 7 heteroatoms. The summed E-state index contributed by atoms with van der Waals surface area (Å²) < 4.78 is 27.7. The van der Waals surface area contributed by atoms with Crippen molar-refractivity contribution in [3.8, 4) is 0 Å². The van der Waals surface area contributed by atoms with Crippen LogP contribution in [0.4, 0.5) is 0 Å². The average molecular weight is 513 g/mol. The molecule has 0 amide bonds. The lowest BCUT2D eigenvalue weighted by molar-refractivity contribution is -0.0263. The van der Waals surface area contributed by atoms with Crippen molar-refractivity contribution in [2.24, 2.45) is 0 Å². The maximum absolute atomic E-state index is 13.1. The van der Waals surface area contributed by atoms with Crippen molar-refractivity contribution in [1.82, 2.24) is 9.21 Å². The van der Waals surface area contributed by atoms with Crippen molar-refractivity contribution < 1.29 is 13.5 Å². The van der Waals surface area contributed by atoms with E-state index in [0.29, 0.717) is 29.3 Å². The maximum atomic E-state index is 13.1. The molecule has 3 aromatic carbocycles. The second kappa shape index (κ2) is 11.2. The Hall–Kier alpha value is -2.22. The smallest absolute Gasteiger partial charge is 0.242 e. The zero-order chi connectivity index (χ0) is 24.9. The Balaban J connectivity index is 1.44. The van der Waals surface area contributed by atoms with Gasteiger partial charge in [-0.25, -0.2) is 12.7 Å². The lowest BCUT2D eigenvalue weighted by Crippen LogP contribution is -2.43. The molecule has 0 bridgehead atoms. The number of halogens is 1. The van der Waals surface area contributed by atoms with Crippen LogP contribution < -0.4 is 0 Å². The zero-order valence-electron chi connectivity index (χ0n) is 20.1. The fourth-order valence-electron chi connectivity index (χ4n) is 4.83. The average Bonchev–Trinajstić information content (AvgIpc) is 2.88. The molecular weight excluding hydrogens is 480 g/mol. The molecule has 4 rings (SSSR count). The largest absolute Gasteiger partial charge is 0.385 e. The summed E-state index contributed by atoms with van der Waals surface area (Å²) in [5.74, 6) is -0.00730. The Morgan fingerprint density at radius 2 is 1.60 bits per heavy atom. The molecule has 1 fully saturated rings. The number of nitrogens with zero attached hydrogens (tertiary/aromatic N) is 2. The van der Waals surface area contributed by atoms with Gasteiger partial charge in [0.1, 0.15) is 0 Å². The molecule has 0 radical (unpaired) electrons. The molecule has 1 aliphatic rings. The first-order valence-corrected chi connectivity index (χ1v) is 13.9. The number of likely N-dealkylation sites (tertiary alicyclic amines) is 1. The van der Waals surface area contributed by atoms with Crippen LogP contribution in [0.1, 0.15) is 36.3 Å². The molecule has 1 unspecified atom stereocenters. The van der Waals surface area contributed by atoms with Crippen LogP contribution >= 0.6 is 11.6 Å². The second-order valence-electron chi connectivity index (χ2n) is 9.38. The topological polar surface area (TPSA) is 60.9 Å². The van der Waals surface area contributed by atoms with Gasteiger partial charge in [-0.05, 0) is 67.1 Å². The van der Waals surface area contributed by atoms with Gasteiger partial charge < -0.3 is 10.0 Å². The van der Waals surface area contributed by atoms with E-state index in [2.05, 4.69) is 4.90 Å². The van der Waals surface area contributed by atoms with Gasteiger partial charge in [-0.15, -0.1) is 0 Å². The first kappa shape index (κ1) is 25.9. The molecule has 3 aromatic rings. The highest BCUT2D eigenvalue weighted by Crippen LogP contribution is 2.33. The number of hydrogen-bond acceptors (Lipinski definition) is 4. The molecule has 35 heavy (non-hydrogen) atoms. The summed E-state index contributed by atoms with van der Waals surface area (Å²) in [5, 5.41) is 11.8. The summed E-state index contributed by atoms with van der Waals surface area (Å²) in [7, 11) is -1.95. The summed E-state index contributed by atoms with van der Waals surface area (Å²) in [6, 6.07) is 26.1. The van der Waals surface area contributed by atoms with Gasteiger partial charge >= 0.3 is 0 Å². The summed E-state index contributed by atoms with van der Waals surface area (Å²) in [5.41, 5.74) is 1.23. The van der Waals surface area contributed by atoms with Crippen molar-refractivity contribution in [3.63, 3.8) is 0 Å². The lowest BCUT2D eigenvalue weighted by atomic mass is 9.84. The van der Waals surface area contributed by atoms with Crippen LogP contribution in [0, 0.1) is 0 Å². The van der Waals surface area contributed by atoms with E-state index in [9.17, 15) is 13.5 Å². The minimum atomic E-state index is -3.59. The second-order valence-corrected chi connectivity index (χ2v) is 11.9. The molecular formula is C28H33ClN2O3S. The SMILES string of the molecule is CN(CC(CCN1CCC(O)(c2ccccc2)CC1)c1cccc(Cl)c1)S(=O)(=O)c1ccccc1. The molecule has 1 atom stereocenters. The molecule has 0 aliphatic carbocycles. The fourth-order valence-corrected chi connectivity index (χ4v) is 6.26. The van der Waals surface area contributed by atoms with Crippen molar-refractivity contribution in [1.29, 1.82) is 0 Å². The Kier molecular flexibility index (Phi) is 8.30. The van der Waals surface area contributed by atoms with Crippen molar-refractivity contribution in [2.75, 3.05) is 33.2 Å². The molecule has 0 aromatic heterocycles. The predicted octanol–water partition coefficient (Wildman–Crippen LogP) is 5.12. The number of rotatable bonds is 9. The van der Waals surface area contributed by atoms with E-state index >= 15 is 0 Å². The Morgan fingerprint density at radius 1 is 0.971 bits per heavy atom. The van der Waals surface area contributed by atoms with Gasteiger partial charge in [0.25, 0.3) is 0 Å². The molecule has 1 heterocycles. The number of piperidine rings is 1. The van der Waals surface area contributed by atoms with E-state index in [0.717, 1.165) is 37.2 Å². The van der Waals surface area contributed by atoms with Crippen LogP contribution in [-0.2, 0) is 15.6 Å². The first-order chi connectivity index (χ1) is 16.8. The van der Waals surface area contributed by atoms with Crippen LogP contribution in [0.15, 0.2) is 89.8 Å². The molecule has 1 N–H and O–H groups in total. The number of aliphatic hydroxyl groups is 1. The van der Waals surface area contributed by atoms with Gasteiger partial charge in [-0.1, -0.05) is 72.3 Å². The molecule has 0 saturated carbocycles. The number of benzene rings is 3. The molecule has 0 spiro atoms. The zero-order valence-corrected chi connectivity index (χ0v) is 21.6. The third-order valence-corrected chi connectivity index (χ3v) is 9.11. The minimum Gasteiger partial charge on any atom is -0.385 e. The van der Waals surface area contributed by atoms with E-state index in [4.69, 9.17) is 11.6 Å². The van der Waals surface area contributed by atoms with Crippen LogP contribution in [0.5, 0.6) is 0 Å². The van der Waals surface area contributed by atoms with Gasteiger partial charge in [0, 0.05) is 31.7 Å². The summed E-state index contributed by atoms with van der Waals surface area (Å²) in [6.07, 6.45) is 2.15. The highest BCUT2D eigenvalue weighted by Gasteiger charge is 2.34.